The molecule has 0 saturated carbocycles. The number of hydrogen-bond acceptors (Lipinski definition) is 5. The number of benzene rings is 1. The average molecular weight is 330 g/mol. The molecule has 128 valence electrons. The quantitative estimate of drug-likeness (QED) is 0.753. The van der Waals surface area contributed by atoms with Gasteiger partial charge in [-0.3, -0.25) is 10.2 Å². The van der Waals surface area contributed by atoms with Crippen LogP contribution in [0.1, 0.15) is 24.0 Å². The van der Waals surface area contributed by atoms with E-state index in [0.717, 1.165) is 31.5 Å². The van der Waals surface area contributed by atoms with E-state index in [-0.39, 0.29) is 18.7 Å². The molecule has 0 bridgehead atoms. The van der Waals surface area contributed by atoms with Gasteiger partial charge < -0.3 is 14.9 Å². The summed E-state index contributed by atoms with van der Waals surface area (Å²) in [5, 5.41) is 18.5. The lowest BCUT2D eigenvalue weighted by Crippen LogP contribution is -2.33. The van der Waals surface area contributed by atoms with Gasteiger partial charge in [0.15, 0.2) is 5.82 Å². The Labute approximate surface area is 140 Å². The fourth-order valence-corrected chi connectivity index (χ4v) is 3.03. The summed E-state index contributed by atoms with van der Waals surface area (Å²) in [6.07, 6.45) is 3.56. The Morgan fingerprint density at radius 2 is 2.17 bits per heavy atom. The number of carbonyl (C=O) groups is 1. The van der Waals surface area contributed by atoms with Crippen LogP contribution in [0.5, 0.6) is 0 Å². The molecule has 1 fully saturated rings. The third kappa shape index (κ3) is 4.12. The first-order valence-electron chi connectivity index (χ1n) is 8.13. The Balaban J connectivity index is 1.58. The fourth-order valence-electron chi connectivity index (χ4n) is 3.03. The van der Waals surface area contributed by atoms with Crippen LogP contribution in [0.25, 0.3) is 0 Å². The van der Waals surface area contributed by atoms with Gasteiger partial charge in [0.2, 0.25) is 0 Å². The number of likely N-dealkylation sites (tertiary alicyclic amines) is 1. The molecule has 1 atom stereocenters. The minimum atomic E-state index is -0.326. The van der Waals surface area contributed by atoms with Gasteiger partial charge in [-0.25, -0.2) is 4.79 Å². The smallest absolute Gasteiger partial charge is 0.320 e. The summed E-state index contributed by atoms with van der Waals surface area (Å²) in [5.41, 5.74) is 2.23. The molecule has 2 aromatic rings. The molecule has 1 aromatic carbocycles. The van der Waals surface area contributed by atoms with E-state index >= 15 is 0 Å². The minimum absolute atomic E-state index is 0.195. The topological polar surface area (TPSA) is 90.6 Å². The molecule has 7 heteroatoms. The number of anilines is 1. The van der Waals surface area contributed by atoms with Crippen molar-refractivity contribution in [2.45, 2.75) is 32.0 Å². The summed E-state index contributed by atoms with van der Waals surface area (Å²) >= 11 is 0. The summed E-state index contributed by atoms with van der Waals surface area (Å²) < 4.78 is 4.67. The predicted octanol–water partition coefficient (Wildman–Crippen LogP) is 1.95. The molecular formula is C17H22N4O3. The van der Waals surface area contributed by atoms with Gasteiger partial charge in [-0.2, -0.15) is 0 Å². The zero-order valence-electron chi connectivity index (χ0n) is 13.4. The van der Waals surface area contributed by atoms with Crippen molar-refractivity contribution in [2.24, 2.45) is 0 Å². The van der Waals surface area contributed by atoms with E-state index < -0.39 is 0 Å². The van der Waals surface area contributed by atoms with Crippen LogP contribution in [0.15, 0.2) is 41.1 Å². The van der Waals surface area contributed by atoms with E-state index in [9.17, 15) is 9.90 Å². The molecule has 1 unspecified atom stereocenters. The number of urea groups is 1. The Kier molecular flexibility index (Phi) is 5.45. The zero-order valence-corrected chi connectivity index (χ0v) is 13.4. The zero-order chi connectivity index (χ0) is 16.8. The molecule has 1 aliphatic heterocycles. The van der Waals surface area contributed by atoms with Crippen molar-refractivity contribution in [2.75, 3.05) is 18.5 Å². The van der Waals surface area contributed by atoms with Crippen molar-refractivity contribution in [3.8, 4) is 0 Å². The first kappa shape index (κ1) is 16.5. The van der Waals surface area contributed by atoms with Crippen LogP contribution in [0.4, 0.5) is 10.6 Å². The number of aromatic nitrogens is 1. The molecule has 1 saturated heterocycles. The van der Waals surface area contributed by atoms with Crippen molar-refractivity contribution >= 4 is 11.8 Å². The number of aliphatic hydroxyl groups excluding tert-OH is 1. The van der Waals surface area contributed by atoms with Gasteiger partial charge in [0.1, 0.15) is 6.26 Å². The maximum atomic E-state index is 11.9. The van der Waals surface area contributed by atoms with Crippen molar-refractivity contribution in [3.05, 3.63) is 47.7 Å². The molecular weight excluding hydrogens is 308 g/mol. The lowest BCUT2D eigenvalue weighted by molar-refractivity contribution is 0.153. The van der Waals surface area contributed by atoms with Crippen LogP contribution in [-0.2, 0) is 13.1 Å². The maximum Gasteiger partial charge on any atom is 0.320 e. The molecule has 2 heterocycles. The standard InChI is InChI=1S/C17H22N4O3/c22-12-15-6-3-8-21(15)11-14-5-2-1-4-13(14)10-18-17(23)19-16-7-9-24-20-16/h1-2,4-5,7,9,15,22H,3,6,8,10-12H2,(H2,18,19,20,23). The highest BCUT2D eigenvalue weighted by Gasteiger charge is 2.24. The summed E-state index contributed by atoms with van der Waals surface area (Å²) in [4.78, 5) is 14.2. The highest BCUT2D eigenvalue weighted by atomic mass is 16.5. The van der Waals surface area contributed by atoms with Crippen LogP contribution in [0.2, 0.25) is 0 Å². The lowest BCUT2D eigenvalue weighted by atomic mass is 10.1. The molecule has 7 nitrogen and oxygen atoms in total. The van der Waals surface area contributed by atoms with Gasteiger partial charge in [0, 0.05) is 25.2 Å². The van der Waals surface area contributed by atoms with Crippen molar-refractivity contribution in [1.29, 1.82) is 0 Å². The predicted molar refractivity (Wildman–Crippen MR) is 89.3 cm³/mol. The van der Waals surface area contributed by atoms with Gasteiger partial charge in [0.25, 0.3) is 0 Å². The van der Waals surface area contributed by atoms with Crippen molar-refractivity contribution in [1.82, 2.24) is 15.4 Å². The SMILES string of the molecule is O=C(NCc1ccccc1CN1CCCC1CO)Nc1ccon1. The molecule has 1 aliphatic rings. The molecule has 3 N–H and O–H groups in total. The lowest BCUT2D eigenvalue weighted by Gasteiger charge is -2.24. The van der Waals surface area contributed by atoms with E-state index in [4.69, 9.17) is 0 Å². The number of rotatable bonds is 6. The largest absolute Gasteiger partial charge is 0.395 e. The van der Waals surface area contributed by atoms with Crippen LogP contribution < -0.4 is 10.6 Å². The van der Waals surface area contributed by atoms with Gasteiger partial charge in [-0.1, -0.05) is 29.4 Å². The Bertz CT molecular complexity index is 660. The van der Waals surface area contributed by atoms with Gasteiger partial charge in [0.05, 0.1) is 6.61 Å². The second-order valence-corrected chi connectivity index (χ2v) is 5.91. The van der Waals surface area contributed by atoms with Crippen LogP contribution in [0.3, 0.4) is 0 Å². The van der Waals surface area contributed by atoms with Gasteiger partial charge in [-0.15, -0.1) is 0 Å². The number of nitrogens with one attached hydrogen (secondary N) is 2. The Hall–Kier alpha value is -2.38. The Morgan fingerprint density at radius 3 is 2.92 bits per heavy atom. The molecule has 0 spiro atoms. The molecule has 24 heavy (non-hydrogen) atoms. The maximum absolute atomic E-state index is 11.9. The summed E-state index contributed by atoms with van der Waals surface area (Å²) in [7, 11) is 0. The van der Waals surface area contributed by atoms with E-state index in [0.29, 0.717) is 12.4 Å². The minimum Gasteiger partial charge on any atom is -0.395 e. The number of amides is 2. The number of aliphatic hydroxyl groups is 1. The van der Waals surface area contributed by atoms with Gasteiger partial charge in [-0.05, 0) is 30.5 Å². The van der Waals surface area contributed by atoms with Crippen LogP contribution in [-0.4, -0.2) is 40.4 Å². The summed E-state index contributed by atoms with van der Waals surface area (Å²) in [6, 6.07) is 9.53. The third-order valence-corrected chi connectivity index (χ3v) is 4.32. The molecule has 3 rings (SSSR count). The van der Waals surface area contributed by atoms with Gasteiger partial charge >= 0.3 is 6.03 Å². The van der Waals surface area contributed by atoms with Crippen molar-refractivity contribution in [3.63, 3.8) is 0 Å². The van der Waals surface area contributed by atoms with E-state index in [1.807, 2.05) is 18.2 Å². The van der Waals surface area contributed by atoms with Crippen molar-refractivity contribution < 1.29 is 14.4 Å². The second kappa shape index (κ2) is 7.94. The van der Waals surface area contributed by atoms with Crippen LogP contribution >= 0.6 is 0 Å². The number of hydrogen-bond donors (Lipinski definition) is 3. The highest BCUT2D eigenvalue weighted by Crippen LogP contribution is 2.21. The summed E-state index contributed by atoms with van der Waals surface area (Å²) in [5.74, 6) is 0.378. The van der Waals surface area contributed by atoms with E-state index in [1.54, 1.807) is 6.07 Å². The fraction of sp³-hybridized carbons (Fsp3) is 0.412. The Morgan fingerprint density at radius 1 is 1.33 bits per heavy atom. The highest BCUT2D eigenvalue weighted by molar-refractivity contribution is 5.87. The molecule has 2 amide bonds. The van der Waals surface area contributed by atoms with Crippen LogP contribution in [0, 0.1) is 0 Å². The molecule has 0 aliphatic carbocycles. The number of nitrogens with zero attached hydrogens (tertiary/aromatic N) is 2. The third-order valence-electron chi connectivity index (χ3n) is 4.32. The normalized spacial score (nSPS) is 17.8. The second-order valence-electron chi connectivity index (χ2n) is 5.91. The average Bonchev–Trinajstić information content (AvgIpc) is 3.25. The monoisotopic (exact) mass is 330 g/mol. The number of carbonyl (C=O) groups excluding carboxylic acids is 1. The molecule has 1 aromatic heterocycles. The summed E-state index contributed by atoms with van der Waals surface area (Å²) in [6.45, 7) is 2.41. The first-order valence-corrected chi connectivity index (χ1v) is 8.13. The van der Waals surface area contributed by atoms with E-state index in [2.05, 4.69) is 31.3 Å². The molecule has 0 radical (unpaired) electrons. The van der Waals surface area contributed by atoms with E-state index in [1.165, 1.54) is 11.8 Å². The first-order chi connectivity index (χ1) is 11.8.